The number of hydrogen-bond acceptors (Lipinski definition) is 5. The van der Waals surface area contributed by atoms with Gasteiger partial charge >= 0.3 is 5.97 Å². The largest absolute Gasteiger partial charge is 0.507 e. The molecule has 7 heteroatoms. The van der Waals surface area contributed by atoms with E-state index in [2.05, 4.69) is 41.2 Å². The second-order valence-corrected chi connectivity index (χ2v) is 10.6. The van der Waals surface area contributed by atoms with E-state index < -0.39 is 0 Å². The number of aryl methyl sites for hydroxylation is 2. The Labute approximate surface area is 238 Å². The summed E-state index contributed by atoms with van der Waals surface area (Å²) in [5.74, 6) is 1.69. The molecule has 0 aliphatic carbocycles. The Morgan fingerprint density at radius 1 is 0.829 bits per heavy atom. The number of esters is 1. The van der Waals surface area contributed by atoms with Crippen LogP contribution in [0.15, 0.2) is 91.0 Å². The lowest BCUT2D eigenvalue weighted by atomic mass is 10.1. The molecule has 1 N–H and O–H groups in total. The number of imidazole rings is 2. The first-order chi connectivity index (χ1) is 19.9. The van der Waals surface area contributed by atoms with Crippen LogP contribution in [0.2, 0.25) is 0 Å². The van der Waals surface area contributed by atoms with Crippen LogP contribution >= 0.6 is 0 Å². The molecule has 6 rings (SSSR count). The van der Waals surface area contributed by atoms with E-state index in [9.17, 15) is 9.90 Å². The highest BCUT2D eigenvalue weighted by atomic mass is 16.5. The Balaban J connectivity index is 1.60. The molecule has 0 spiro atoms. The topological polar surface area (TPSA) is 82.2 Å². The maximum atomic E-state index is 12.3. The molecule has 0 atom stereocenters. The van der Waals surface area contributed by atoms with Gasteiger partial charge in [0.2, 0.25) is 0 Å². The molecule has 0 radical (unpaired) electrons. The molecule has 0 fully saturated rings. The van der Waals surface area contributed by atoms with Gasteiger partial charge in [-0.15, -0.1) is 0 Å². The van der Waals surface area contributed by atoms with Crippen molar-refractivity contribution in [2.24, 2.45) is 5.92 Å². The summed E-state index contributed by atoms with van der Waals surface area (Å²) >= 11 is 0. The molecule has 206 valence electrons. The molecular weight excluding hydrogens is 512 g/mol. The van der Waals surface area contributed by atoms with E-state index in [1.54, 1.807) is 18.2 Å². The molecule has 2 aromatic heterocycles. The molecule has 0 saturated carbocycles. The van der Waals surface area contributed by atoms with Crippen molar-refractivity contribution < 1.29 is 14.6 Å². The highest BCUT2D eigenvalue weighted by molar-refractivity contribution is 5.97. The van der Waals surface area contributed by atoms with Crippen LogP contribution in [0.4, 0.5) is 0 Å². The summed E-state index contributed by atoms with van der Waals surface area (Å²) in [6.07, 6.45) is 0.798. The summed E-state index contributed by atoms with van der Waals surface area (Å²) in [6, 6.07) is 29.3. The van der Waals surface area contributed by atoms with Crippen molar-refractivity contribution in [3.05, 3.63) is 102 Å². The zero-order chi connectivity index (χ0) is 28.5. The molecule has 0 unspecified atom stereocenters. The SMILES string of the molecule is COC(=O)c1ccc2c(c1)nc(-c1cccc3nc(-c4ccccc4O)n(CCc4ccccc4)c13)n2CC(C)C. The minimum absolute atomic E-state index is 0.188. The fourth-order valence-corrected chi connectivity index (χ4v) is 5.47. The van der Waals surface area contributed by atoms with Gasteiger partial charge < -0.3 is 19.0 Å². The van der Waals surface area contributed by atoms with Gasteiger partial charge in [0, 0.05) is 18.7 Å². The maximum Gasteiger partial charge on any atom is 0.337 e. The number of aromatic nitrogens is 4. The number of carbonyl (C=O) groups excluding carboxylic acids is 1. The number of phenolic OH excluding ortho intramolecular Hbond substituents is 1. The molecule has 0 saturated heterocycles. The summed E-state index contributed by atoms with van der Waals surface area (Å²) in [7, 11) is 1.38. The summed E-state index contributed by atoms with van der Waals surface area (Å²) in [5.41, 5.74) is 6.78. The lowest BCUT2D eigenvalue weighted by Crippen LogP contribution is -2.08. The monoisotopic (exact) mass is 544 g/mol. The highest BCUT2D eigenvalue weighted by Gasteiger charge is 2.23. The number of methoxy groups -OCH3 is 1. The van der Waals surface area contributed by atoms with Crippen LogP contribution in [0.5, 0.6) is 5.75 Å². The van der Waals surface area contributed by atoms with Gasteiger partial charge in [-0.25, -0.2) is 14.8 Å². The van der Waals surface area contributed by atoms with Gasteiger partial charge in [-0.05, 0) is 60.4 Å². The minimum Gasteiger partial charge on any atom is -0.507 e. The maximum absolute atomic E-state index is 12.3. The van der Waals surface area contributed by atoms with E-state index in [0.29, 0.717) is 29.4 Å². The summed E-state index contributed by atoms with van der Waals surface area (Å²) in [4.78, 5) is 22.4. The number of phenols is 1. The molecule has 41 heavy (non-hydrogen) atoms. The fraction of sp³-hybridized carbons (Fsp3) is 0.206. The Kier molecular flexibility index (Phi) is 7.01. The van der Waals surface area contributed by atoms with Crippen molar-refractivity contribution in [3.63, 3.8) is 0 Å². The smallest absolute Gasteiger partial charge is 0.337 e. The van der Waals surface area contributed by atoms with Crippen LogP contribution in [0.1, 0.15) is 29.8 Å². The van der Waals surface area contributed by atoms with Gasteiger partial charge in [0.15, 0.2) is 0 Å². The number of benzene rings is 4. The standard InChI is InChI=1S/C34H32N4O3/c1-22(2)21-38-29-17-16-24(34(40)41-3)20-28(29)36-33(38)26-13-9-14-27-31(26)37(19-18-23-10-5-4-6-11-23)32(35-27)25-12-7-8-15-30(25)39/h4-17,20,22,39H,18-19,21H2,1-3H3. The Bertz CT molecular complexity index is 1870. The van der Waals surface area contributed by atoms with E-state index in [4.69, 9.17) is 14.7 Å². The average molecular weight is 545 g/mol. The quantitative estimate of drug-likeness (QED) is 0.207. The first-order valence-corrected chi connectivity index (χ1v) is 13.8. The van der Waals surface area contributed by atoms with Crippen molar-refractivity contribution in [1.82, 2.24) is 19.1 Å². The third kappa shape index (κ3) is 4.95. The van der Waals surface area contributed by atoms with Crippen molar-refractivity contribution in [1.29, 1.82) is 0 Å². The van der Waals surface area contributed by atoms with Crippen LogP contribution in [-0.2, 0) is 24.2 Å². The molecule has 0 amide bonds. The van der Waals surface area contributed by atoms with Gasteiger partial charge in [-0.2, -0.15) is 0 Å². The molecule has 0 bridgehead atoms. The Morgan fingerprint density at radius 2 is 1.54 bits per heavy atom. The number of nitrogens with zero attached hydrogens (tertiary/aromatic N) is 4. The second kappa shape index (κ2) is 10.9. The number of carbonyl (C=O) groups is 1. The number of ether oxygens (including phenoxy) is 1. The van der Waals surface area contributed by atoms with E-state index in [1.807, 2.05) is 54.6 Å². The molecule has 4 aromatic carbocycles. The highest BCUT2D eigenvalue weighted by Crippen LogP contribution is 2.37. The minimum atomic E-state index is -0.389. The number of fused-ring (bicyclic) bond motifs is 2. The number of aromatic hydroxyl groups is 1. The first kappa shape index (κ1) is 26.3. The lowest BCUT2D eigenvalue weighted by molar-refractivity contribution is 0.0601. The zero-order valence-electron chi connectivity index (χ0n) is 23.4. The van der Waals surface area contributed by atoms with Crippen LogP contribution in [0, 0.1) is 5.92 Å². The second-order valence-electron chi connectivity index (χ2n) is 10.6. The van der Waals surface area contributed by atoms with Gasteiger partial charge in [0.05, 0.1) is 40.3 Å². The van der Waals surface area contributed by atoms with Crippen LogP contribution in [-0.4, -0.2) is 37.3 Å². The Hall–Kier alpha value is -4.91. The number of rotatable bonds is 8. The molecule has 0 aliphatic rings. The third-order valence-corrected chi connectivity index (χ3v) is 7.34. The van der Waals surface area contributed by atoms with E-state index >= 15 is 0 Å². The van der Waals surface area contributed by atoms with Crippen LogP contribution < -0.4 is 0 Å². The predicted molar refractivity (Wildman–Crippen MR) is 162 cm³/mol. The summed E-state index contributed by atoms with van der Waals surface area (Å²) in [6.45, 7) is 5.78. The van der Waals surface area contributed by atoms with Gasteiger partial charge in [0.1, 0.15) is 17.4 Å². The van der Waals surface area contributed by atoms with E-state index in [1.165, 1.54) is 12.7 Å². The first-order valence-electron chi connectivity index (χ1n) is 13.8. The lowest BCUT2D eigenvalue weighted by Gasteiger charge is -2.15. The van der Waals surface area contributed by atoms with E-state index in [-0.39, 0.29) is 11.7 Å². The van der Waals surface area contributed by atoms with Crippen LogP contribution in [0.25, 0.3) is 44.8 Å². The average Bonchev–Trinajstić information content (AvgIpc) is 3.54. The Morgan fingerprint density at radius 3 is 2.29 bits per heavy atom. The molecule has 0 aliphatic heterocycles. The van der Waals surface area contributed by atoms with Gasteiger partial charge in [-0.1, -0.05) is 62.4 Å². The number of hydrogen-bond donors (Lipinski definition) is 1. The molecule has 6 aromatic rings. The van der Waals surface area contributed by atoms with Crippen LogP contribution in [0.3, 0.4) is 0 Å². The summed E-state index contributed by atoms with van der Waals surface area (Å²) < 4.78 is 9.38. The van der Waals surface area contributed by atoms with E-state index in [0.717, 1.165) is 46.4 Å². The van der Waals surface area contributed by atoms with Crippen molar-refractivity contribution in [2.75, 3.05) is 7.11 Å². The molecule has 2 heterocycles. The fourth-order valence-electron chi connectivity index (χ4n) is 5.47. The zero-order valence-corrected chi connectivity index (χ0v) is 23.4. The van der Waals surface area contributed by atoms with Gasteiger partial charge in [-0.3, -0.25) is 0 Å². The molecule has 7 nitrogen and oxygen atoms in total. The van der Waals surface area contributed by atoms with Crippen molar-refractivity contribution in [3.8, 4) is 28.5 Å². The number of para-hydroxylation sites is 2. The van der Waals surface area contributed by atoms with Gasteiger partial charge in [0.25, 0.3) is 0 Å². The molecular formula is C34H32N4O3. The van der Waals surface area contributed by atoms with Crippen molar-refractivity contribution in [2.45, 2.75) is 33.4 Å². The summed E-state index contributed by atoms with van der Waals surface area (Å²) in [5, 5.41) is 10.8. The predicted octanol–water partition coefficient (Wildman–Crippen LogP) is 7.11. The third-order valence-electron chi connectivity index (χ3n) is 7.34. The van der Waals surface area contributed by atoms with Crippen molar-refractivity contribution >= 4 is 28.0 Å². The normalized spacial score (nSPS) is 11.5.